The van der Waals surface area contributed by atoms with Crippen LogP contribution >= 0.6 is 0 Å². The Morgan fingerprint density at radius 3 is 1.98 bits per heavy atom. The largest absolute Gasteiger partial charge is 0.307 e. The zero-order chi connectivity index (χ0) is 40.3. The third-order valence-electron chi connectivity index (χ3n) is 7.44. The van der Waals surface area contributed by atoms with Gasteiger partial charge in [-0.15, -0.1) is 0 Å². The lowest BCUT2D eigenvalue weighted by Gasteiger charge is -2.15. The van der Waals surface area contributed by atoms with Crippen molar-refractivity contribution in [3.8, 4) is 34.4 Å². The summed E-state index contributed by atoms with van der Waals surface area (Å²) < 4.78 is 116. The van der Waals surface area contributed by atoms with Crippen molar-refractivity contribution in [2.45, 2.75) is 0 Å². The second-order valence-electron chi connectivity index (χ2n) is 9.83. The fourth-order valence-corrected chi connectivity index (χ4v) is 5.62. The number of rotatable bonds is 4. The highest BCUT2D eigenvalue weighted by atomic mass is 15.2. The van der Waals surface area contributed by atoms with Gasteiger partial charge in [-0.25, -0.2) is 4.98 Å². The molecule has 4 heterocycles. The van der Waals surface area contributed by atoms with E-state index in [2.05, 4.69) is 9.97 Å². The molecule has 0 spiro atoms. The van der Waals surface area contributed by atoms with Gasteiger partial charge in [0.1, 0.15) is 0 Å². The molecule has 0 radical (unpaired) electrons. The quantitative estimate of drug-likeness (QED) is 0.210. The van der Waals surface area contributed by atoms with E-state index in [0.717, 1.165) is 26.4 Å². The molecule has 0 aliphatic rings. The minimum Gasteiger partial charge on any atom is -0.307 e. The van der Waals surface area contributed by atoms with Crippen molar-refractivity contribution >= 4 is 43.6 Å². The van der Waals surface area contributed by atoms with Gasteiger partial charge >= 0.3 is 0 Å². The van der Waals surface area contributed by atoms with E-state index in [-0.39, 0.29) is 27.6 Å². The molecule has 0 atom stereocenters. The van der Waals surface area contributed by atoms with Crippen LogP contribution in [0.15, 0.2) is 146 Å². The summed E-state index contributed by atoms with van der Waals surface area (Å²) in [5.41, 5.74) is 1.53. The maximum absolute atomic E-state index is 9.02. The average Bonchev–Trinajstić information content (AvgIpc) is 3.76. The summed E-state index contributed by atoms with van der Waals surface area (Å²) in [6.45, 7) is 0. The van der Waals surface area contributed by atoms with Crippen LogP contribution in [0, 0.1) is 0 Å². The van der Waals surface area contributed by atoms with Gasteiger partial charge in [-0.3, -0.25) is 9.55 Å². The van der Waals surface area contributed by atoms with Crippen molar-refractivity contribution < 1.29 is 17.8 Å². The molecule has 0 saturated carbocycles. The molecular weight excluding hydrogens is 540 g/mol. The molecule has 0 fully saturated rings. The first-order valence-electron chi connectivity index (χ1n) is 20.0. The van der Waals surface area contributed by atoms with Gasteiger partial charge in [0.15, 0.2) is 11.6 Å². The number of pyridine rings is 1. The van der Waals surface area contributed by atoms with Gasteiger partial charge in [0.2, 0.25) is 5.95 Å². The molecule has 6 nitrogen and oxygen atoms in total. The molecule has 0 aliphatic heterocycles. The molecule has 0 saturated heterocycles. The minimum atomic E-state index is -0.659. The zero-order valence-electron chi connectivity index (χ0n) is 35.5. The van der Waals surface area contributed by atoms with Gasteiger partial charge in [0, 0.05) is 38.9 Å². The van der Waals surface area contributed by atoms with Crippen molar-refractivity contribution in [2.24, 2.45) is 0 Å². The molecule has 0 unspecified atom stereocenters. The molecule has 206 valence electrons. The van der Waals surface area contributed by atoms with E-state index < -0.39 is 95.9 Å². The number of para-hydroxylation sites is 4. The summed E-state index contributed by atoms with van der Waals surface area (Å²) in [5, 5.41) is 1.40. The van der Waals surface area contributed by atoms with E-state index in [1.807, 2.05) is 41.0 Å². The van der Waals surface area contributed by atoms with Crippen molar-refractivity contribution in [2.75, 3.05) is 0 Å². The Balaban J connectivity index is 1.48. The first-order chi connectivity index (χ1) is 27.2. The number of fused-ring (bicyclic) bond motifs is 6. The molecule has 4 aromatic heterocycles. The van der Waals surface area contributed by atoms with Crippen LogP contribution in [0.25, 0.3) is 78.0 Å². The number of aromatic nitrogens is 6. The fraction of sp³-hybridized carbons (Fsp3) is 0. The number of nitrogens with zero attached hydrogens (tertiary/aromatic N) is 6. The van der Waals surface area contributed by atoms with Gasteiger partial charge in [-0.05, 0) is 36.4 Å². The normalized spacial score (nSPS) is 15.8. The van der Waals surface area contributed by atoms with E-state index in [9.17, 15) is 0 Å². The highest BCUT2D eigenvalue weighted by Crippen LogP contribution is 2.36. The number of hydrogen-bond donors (Lipinski definition) is 0. The lowest BCUT2D eigenvalue weighted by molar-refractivity contribution is 0.951. The summed E-state index contributed by atoms with van der Waals surface area (Å²) >= 11 is 0. The predicted molar refractivity (Wildman–Crippen MR) is 177 cm³/mol. The van der Waals surface area contributed by atoms with Crippen molar-refractivity contribution in [1.29, 1.82) is 0 Å². The molecular formula is C38H24N6. The first-order valence-corrected chi connectivity index (χ1v) is 13.5. The van der Waals surface area contributed by atoms with Crippen LogP contribution in [0.2, 0.25) is 0 Å². The van der Waals surface area contributed by atoms with E-state index >= 15 is 0 Å². The van der Waals surface area contributed by atoms with E-state index in [0.29, 0.717) is 11.3 Å². The van der Waals surface area contributed by atoms with Gasteiger partial charge in [0.05, 0.1) is 51.8 Å². The van der Waals surface area contributed by atoms with Crippen molar-refractivity contribution in [1.82, 2.24) is 29.1 Å². The Labute approximate surface area is 270 Å². The van der Waals surface area contributed by atoms with Crippen LogP contribution in [-0.2, 0) is 0 Å². The van der Waals surface area contributed by atoms with Crippen LogP contribution in [0.5, 0.6) is 0 Å². The highest BCUT2D eigenvalue weighted by Gasteiger charge is 2.20. The number of hydrogen-bond acceptors (Lipinski definition) is 4. The predicted octanol–water partition coefficient (Wildman–Crippen LogP) is 8.79. The van der Waals surface area contributed by atoms with E-state index in [1.165, 1.54) is 0 Å². The van der Waals surface area contributed by atoms with Crippen molar-refractivity contribution in [3.05, 3.63) is 146 Å². The Hall–Kier alpha value is -6.14. The van der Waals surface area contributed by atoms with Gasteiger partial charge in [0.25, 0.3) is 0 Å². The Bertz CT molecular complexity index is 3090. The SMILES string of the molecule is [2H]c1c([2H])c([2H])c(-c2nc(-c3ccccc3-n3c4ccccc4c4ccncc43)nc(-n3c4c([2H])c([2H])c([2H])c([2H])c4c4c([2H])c([2H])c([2H])c([2H])c43)n2)c([2H])c1[2H]. The Kier molecular flexibility index (Phi) is 3.28. The summed E-state index contributed by atoms with van der Waals surface area (Å²) in [6.07, 6.45) is 3.40. The lowest BCUT2D eigenvalue weighted by atomic mass is 10.1. The molecule has 6 heteroatoms. The molecule has 0 aliphatic carbocycles. The maximum atomic E-state index is 9.02. The monoisotopic (exact) mass is 577 g/mol. The minimum absolute atomic E-state index is 0.0936. The molecule has 5 aromatic carbocycles. The van der Waals surface area contributed by atoms with Gasteiger partial charge in [-0.1, -0.05) is 96.8 Å². The summed E-state index contributed by atoms with van der Waals surface area (Å²) in [7, 11) is 0. The van der Waals surface area contributed by atoms with E-state index in [4.69, 9.17) is 27.8 Å². The molecule has 9 aromatic rings. The third kappa shape index (κ3) is 3.68. The molecule has 0 N–H and O–H groups in total. The highest BCUT2D eigenvalue weighted by molar-refractivity contribution is 6.10. The van der Waals surface area contributed by atoms with Crippen LogP contribution in [0.3, 0.4) is 0 Å². The standard InChI is InChI=1S/C38H24N6/c1-2-12-25(13-3-1)36-40-37(42-38(41-36)44-32-19-9-5-14-26(32)27-15-6-10-20-33(27)44)30-17-7-11-21-34(30)43-31-18-8-4-16-28(31)29-22-23-39-24-35(29)43/h1-24H/i1D,2D,3D,5D,6D,9D,10D,12D,13D,14D,15D,19D,20D. The molecule has 44 heavy (non-hydrogen) atoms. The maximum Gasteiger partial charge on any atom is 0.238 e. The van der Waals surface area contributed by atoms with Gasteiger partial charge < -0.3 is 4.57 Å². The molecule has 0 amide bonds. The first kappa shape index (κ1) is 14.8. The lowest BCUT2D eigenvalue weighted by Crippen LogP contribution is -2.07. The molecule has 0 bridgehead atoms. The Morgan fingerprint density at radius 2 is 1.16 bits per heavy atom. The zero-order valence-corrected chi connectivity index (χ0v) is 22.5. The van der Waals surface area contributed by atoms with Crippen LogP contribution in [-0.4, -0.2) is 29.1 Å². The molecule has 9 rings (SSSR count). The average molecular weight is 578 g/mol. The van der Waals surface area contributed by atoms with E-state index in [1.54, 1.807) is 30.6 Å². The third-order valence-corrected chi connectivity index (χ3v) is 7.44. The fourth-order valence-electron chi connectivity index (χ4n) is 5.62. The summed E-state index contributed by atoms with van der Waals surface area (Å²) in [5.74, 6) is -0.901. The summed E-state index contributed by atoms with van der Waals surface area (Å²) in [6, 6.07) is 8.53. The number of benzene rings is 5. The van der Waals surface area contributed by atoms with Crippen LogP contribution in [0.4, 0.5) is 0 Å². The Morgan fingerprint density at radius 1 is 0.500 bits per heavy atom. The van der Waals surface area contributed by atoms with Gasteiger partial charge in [-0.2, -0.15) is 9.97 Å². The van der Waals surface area contributed by atoms with Crippen molar-refractivity contribution in [3.63, 3.8) is 0 Å². The second kappa shape index (κ2) is 9.71. The smallest absolute Gasteiger partial charge is 0.238 e. The summed E-state index contributed by atoms with van der Waals surface area (Å²) in [4.78, 5) is 18.5. The second-order valence-corrected chi connectivity index (χ2v) is 9.83. The van der Waals surface area contributed by atoms with Crippen LogP contribution < -0.4 is 0 Å². The van der Waals surface area contributed by atoms with Crippen LogP contribution in [0.1, 0.15) is 17.8 Å². The topological polar surface area (TPSA) is 61.4 Å².